The van der Waals surface area contributed by atoms with Crippen LogP contribution in [0.25, 0.3) is 32.5 Å². The van der Waals surface area contributed by atoms with Crippen LogP contribution in [0.4, 0.5) is 5.82 Å². The number of benzene rings is 1. The van der Waals surface area contributed by atoms with Gasteiger partial charge in [-0.2, -0.15) is 5.10 Å². The molecule has 6 rings (SSSR count). The Hall–Kier alpha value is -2.64. The Bertz CT molecular complexity index is 1490. The zero-order valence-corrected chi connectivity index (χ0v) is 21.7. The number of thiophene rings is 1. The van der Waals surface area contributed by atoms with E-state index in [-0.39, 0.29) is 12.0 Å². The van der Waals surface area contributed by atoms with Crippen molar-refractivity contribution in [3.05, 3.63) is 35.3 Å². The molecule has 36 heavy (non-hydrogen) atoms. The average Bonchev–Trinajstić information content (AvgIpc) is 3.61. The highest BCUT2D eigenvalue weighted by Crippen LogP contribution is 2.36. The van der Waals surface area contributed by atoms with Gasteiger partial charge in [0.15, 0.2) is 21.5 Å². The second kappa shape index (κ2) is 9.67. The minimum Gasteiger partial charge on any atom is -0.378 e. The topological polar surface area (TPSA) is 116 Å². The third-order valence-corrected chi connectivity index (χ3v) is 8.54. The molecular weight excluding hydrogens is 498 g/mol. The highest BCUT2D eigenvalue weighted by atomic mass is 32.2. The molecule has 1 aromatic carbocycles. The van der Waals surface area contributed by atoms with E-state index < -0.39 is 9.84 Å². The van der Waals surface area contributed by atoms with Crippen molar-refractivity contribution in [1.82, 2.24) is 30.4 Å². The quantitative estimate of drug-likeness (QED) is 0.374. The van der Waals surface area contributed by atoms with Crippen LogP contribution in [0.5, 0.6) is 0 Å². The molecule has 10 nitrogen and oxygen atoms in total. The molecule has 1 unspecified atom stereocenters. The summed E-state index contributed by atoms with van der Waals surface area (Å²) in [5, 5.41) is 11.5. The smallest absolute Gasteiger partial charge is 0.162 e. The second-order valence-corrected chi connectivity index (χ2v) is 12.7. The maximum Gasteiger partial charge on any atom is 0.162 e. The Kier molecular flexibility index (Phi) is 6.38. The van der Waals surface area contributed by atoms with Gasteiger partial charge >= 0.3 is 0 Å². The molecule has 190 valence electrons. The highest BCUT2D eigenvalue weighted by molar-refractivity contribution is 7.90. The number of aromatic nitrogens is 4. The summed E-state index contributed by atoms with van der Waals surface area (Å²) in [4.78, 5) is 15.9. The van der Waals surface area contributed by atoms with Crippen molar-refractivity contribution in [3.63, 3.8) is 0 Å². The van der Waals surface area contributed by atoms with Crippen LogP contribution in [0.2, 0.25) is 0 Å². The van der Waals surface area contributed by atoms with Crippen LogP contribution in [0.3, 0.4) is 0 Å². The number of sulfone groups is 1. The third kappa shape index (κ3) is 4.83. The van der Waals surface area contributed by atoms with E-state index in [1.54, 1.807) is 11.3 Å². The standard InChI is InChI=1S/C24H29N7O3S2/c1-36(32,33)15-25-21-6-3-7-31(21)14-16-12-20-22(35-16)24(30-8-10-34-11-9-30)28-23(27-20)17-4-2-5-19-18(17)13-26-29-19/h2,4-5,12-13,21,25H,3,6-11,14-15H2,1H3,(H,26,29). The number of fused-ring (bicyclic) bond motifs is 2. The van der Waals surface area contributed by atoms with E-state index in [2.05, 4.69) is 31.4 Å². The number of morpholine rings is 1. The summed E-state index contributed by atoms with van der Waals surface area (Å²) in [6.45, 7) is 4.62. The highest BCUT2D eigenvalue weighted by Gasteiger charge is 2.27. The lowest BCUT2D eigenvalue weighted by molar-refractivity contribution is 0.122. The van der Waals surface area contributed by atoms with Gasteiger partial charge in [-0.25, -0.2) is 18.4 Å². The lowest BCUT2D eigenvalue weighted by Crippen LogP contribution is -2.42. The molecule has 0 radical (unpaired) electrons. The number of likely N-dealkylation sites (tertiary alicyclic amines) is 1. The van der Waals surface area contributed by atoms with E-state index in [9.17, 15) is 8.42 Å². The van der Waals surface area contributed by atoms with Crippen molar-refractivity contribution in [2.24, 2.45) is 0 Å². The summed E-state index contributed by atoms with van der Waals surface area (Å²) >= 11 is 1.73. The van der Waals surface area contributed by atoms with Crippen LogP contribution in [-0.4, -0.2) is 84.6 Å². The van der Waals surface area contributed by atoms with Crippen molar-refractivity contribution in [3.8, 4) is 11.4 Å². The zero-order chi connectivity index (χ0) is 24.7. The molecule has 0 aliphatic carbocycles. The number of nitrogens with one attached hydrogen (secondary N) is 2. The predicted octanol–water partition coefficient (Wildman–Crippen LogP) is 2.58. The molecule has 0 saturated carbocycles. The number of hydrogen-bond donors (Lipinski definition) is 2. The molecule has 0 spiro atoms. The number of rotatable bonds is 7. The molecule has 3 aromatic heterocycles. The number of nitrogens with zero attached hydrogens (tertiary/aromatic N) is 5. The summed E-state index contributed by atoms with van der Waals surface area (Å²) in [5.41, 5.74) is 2.84. The molecule has 5 heterocycles. The molecule has 12 heteroatoms. The Balaban J connectivity index is 1.37. The number of ether oxygens (including phenoxy) is 1. The van der Waals surface area contributed by atoms with Crippen LogP contribution in [-0.2, 0) is 21.1 Å². The van der Waals surface area contributed by atoms with Gasteiger partial charge in [-0.1, -0.05) is 12.1 Å². The van der Waals surface area contributed by atoms with Gasteiger partial charge in [0.05, 0.1) is 41.3 Å². The first kappa shape index (κ1) is 23.7. The molecule has 2 saturated heterocycles. The molecule has 2 aliphatic rings. The molecule has 2 N–H and O–H groups in total. The number of hydrogen-bond acceptors (Lipinski definition) is 10. The largest absolute Gasteiger partial charge is 0.378 e. The van der Waals surface area contributed by atoms with Crippen molar-refractivity contribution in [2.75, 3.05) is 49.9 Å². The Morgan fingerprint density at radius 1 is 1.22 bits per heavy atom. The zero-order valence-electron chi connectivity index (χ0n) is 20.1. The first-order chi connectivity index (χ1) is 17.4. The van der Waals surface area contributed by atoms with Crippen molar-refractivity contribution in [2.45, 2.75) is 25.6 Å². The van der Waals surface area contributed by atoms with Crippen LogP contribution in [0.1, 0.15) is 17.7 Å². The van der Waals surface area contributed by atoms with Crippen LogP contribution in [0.15, 0.2) is 30.5 Å². The molecule has 0 bridgehead atoms. The van der Waals surface area contributed by atoms with Crippen LogP contribution in [0, 0.1) is 0 Å². The van der Waals surface area contributed by atoms with E-state index in [1.807, 2.05) is 24.4 Å². The molecule has 2 aliphatic heterocycles. The fourth-order valence-corrected chi connectivity index (χ4v) is 6.64. The van der Waals surface area contributed by atoms with Gasteiger partial charge in [-0.05, 0) is 25.0 Å². The molecule has 0 amide bonds. The monoisotopic (exact) mass is 527 g/mol. The molecule has 1 atom stereocenters. The van der Waals surface area contributed by atoms with Gasteiger partial charge in [0.2, 0.25) is 0 Å². The van der Waals surface area contributed by atoms with E-state index in [1.165, 1.54) is 11.1 Å². The fourth-order valence-electron chi connectivity index (χ4n) is 5.01. The Morgan fingerprint density at radius 2 is 2.08 bits per heavy atom. The van der Waals surface area contributed by atoms with Gasteiger partial charge < -0.3 is 9.64 Å². The van der Waals surface area contributed by atoms with Gasteiger partial charge in [0, 0.05) is 48.3 Å². The van der Waals surface area contributed by atoms with Crippen molar-refractivity contribution in [1.29, 1.82) is 0 Å². The lowest BCUT2D eigenvalue weighted by Gasteiger charge is -2.28. The predicted molar refractivity (Wildman–Crippen MR) is 142 cm³/mol. The second-order valence-electron chi connectivity index (χ2n) is 9.44. The van der Waals surface area contributed by atoms with E-state index in [4.69, 9.17) is 14.7 Å². The lowest BCUT2D eigenvalue weighted by atomic mass is 10.1. The van der Waals surface area contributed by atoms with Crippen molar-refractivity contribution >= 4 is 48.1 Å². The van der Waals surface area contributed by atoms with Gasteiger partial charge in [-0.15, -0.1) is 11.3 Å². The summed E-state index contributed by atoms with van der Waals surface area (Å²) in [6, 6.07) is 8.20. The minimum absolute atomic E-state index is 0.00381. The van der Waals surface area contributed by atoms with Gasteiger partial charge in [-0.3, -0.25) is 15.3 Å². The summed E-state index contributed by atoms with van der Waals surface area (Å²) in [6.07, 6.45) is 5.13. The SMILES string of the molecule is CS(=O)(=O)CNC1CCCN1Cc1cc2nc(-c3cccc4[nH]ncc34)nc(N3CCOCC3)c2s1. The van der Waals surface area contributed by atoms with Gasteiger partial charge in [0.1, 0.15) is 5.88 Å². The molecule has 4 aromatic rings. The summed E-state index contributed by atoms with van der Waals surface area (Å²) < 4.78 is 30.0. The first-order valence-electron chi connectivity index (χ1n) is 12.2. The first-order valence-corrected chi connectivity index (χ1v) is 15.0. The third-order valence-electron chi connectivity index (χ3n) is 6.74. The maximum atomic E-state index is 11.7. The van der Waals surface area contributed by atoms with Crippen LogP contribution < -0.4 is 10.2 Å². The fraction of sp³-hybridized carbons (Fsp3) is 0.458. The number of aromatic amines is 1. The van der Waals surface area contributed by atoms with Crippen LogP contribution >= 0.6 is 11.3 Å². The van der Waals surface area contributed by atoms with E-state index in [0.717, 1.165) is 71.5 Å². The van der Waals surface area contributed by atoms with Crippen molar-refractivity contribution < 1.29 is 13.2 Å². The van der Waals surface area contributed by atoms with E-state index in [0.29, 0.717) is 19.0 Å². The summed E-state index contributed by atoms with van der Waals surface area (Å²) in [7, 11) is -3.06. The summed E-state index contributed by atoms with van der Waals surface area (Å²) in [5.74, 6) is 1.63. The molecular formula is C24H29N7O3S2. The van der Waals surface area contributed by atoms with E-state index >= 15 is 0 Å². The number of anilines is 1. The Morgan fingerprint density at radius 3 is 2.92 bits per heavy atom. The number of H-pyrrole nitrogens is 1. The average molecular weight is 528 g/mol. The van der Waals surface area contributed by atoms with Gasteiger partial charge in [0.25, 0.3) is 0 Å². The normalized spacial score (nSPS) is 19.6. The molecule has 2 fully saturated rings. The maximum absolute atomic E-state index is 11.7. The Labute approximate surface area is 213 Å². The minimum atomic E-state index is -3.06.